The van der Waals surface area contributed by atoms with Crippen molar-refractivity contribution in [3.8, 4) is 0 Å². The molecule has 50 valence electrons. The average Bonchev–Trinajstić information content (AvgIpc) is 1.63. The van der Waals surface area contributed by atoms with Crippen molar-refractivity contribution in [1.82, 2.24) is 0 Å². The lowest BCUT2D eigenvalue weighted by Gasteiger charge is -1.87. The zero-order chi connectivity index (χ0) is 7.33. The standard InChI is InChI=1S/HN3O4SSi/c1-2-3-9-7-8(4,5)6/h(H,4,5,6). The zero-order valence-electron chi connectivity index (χ0n) is 3.92. The molecule has 0 atom stereocenters. The van der Waals surface area contributed by atoms with Crippen LogP contribution in [0.2, 0.25) is 0 Å². The summed E-state index contributed by atoms with van der Waals surface area (Å²) in [5, 5.41) is 0. The fraction of sp³-hybridized carbons (Fsp3) is 0. The van der Waals surface area contributed by atoms with E-state index in [4.69, 9.17) is 10.1 Å². The molecule has 2 radical (unpaired) electrons. The van der Waals surface area contributed by atoms with E-state index in [1.165, 1.54) is 0 Å². The van der Waals surface area contributed by atoms with Gasteiger partial charge in [-0.2, -0.15) is 8.42 Å². The van der Waals surface area contributed by atoms with Crippen molar-refractivity contribution in [2.24, 2.45) is 4.78 Å². The van der Waals surface area contributed by atoms with Gasteiger partial charge in [0.15, 0.2) is 0 Å². The molecule has 0 saturated carbocycles. The van der Waals surface area contributed by atoms with E-state index in [2.05, 4.69) is 13.6 Å². The summed E-state index contributed by atoms with van der Waals surface area (Å²) in [5.41, 5.74) is 7.57. The van der Waals surface area contributed by atoms with Crippen molar-refractivity contribution in [3.05, 3.63) is 10.4 Å². The Kier molecular flexibility index (Phi) is 3.20. The Morgan fingerprint density at radius 1 is 1.78 bits per heavy atom. The van der Waals surface area contributed by atoms with Crippen LogP contribution in [0.15, 0.2) is 4.78 Å². The van der Waals surface area contributed by atoms with Crippen molar-refractivity contribution >= 4 is 20.3 Å². The molecular formula is HN3O4SSi. The van der Waals surface area contributed by atoms with Crippen LogP contribution in [0.25, 0.3) is 10.4 Å². The minimum Gasteiger partial charge on any atom is -0.289 e. The highest BCUT2D eigenvalue weighted by Gasteiger charge is 2.01. The lowest BCUT2D eigenvalue weighted by Crippen LogP contribution is -2.05. The van der Waals surface area contributed by atoms with E-state index in [1.807, 2.05) is 0 Å². The van der Waals surface area contributed by atoms with Gasteiger partial charge in [-0.05, 0) is 10.4 Å². The highest BCUT2D eigenvalue weighted by molar-refractivity contribution is 7.81. The summed E-state index contributed by atoms with van der Waals surface area (Å²) in [4.78, 5) is 2.18. The first-order valence-corrected chi connectivity index (χ1v) is 3.73. The van der Waals surface area contributed by atoms with E-state index in [9.17, 15) is 8.42 Å². The summed E-state index contributed by atoms with van der Waals surface area (Å²) in [5.74, 6) is 0. The number of hydrogen-bond donors (Lipinski definition) is 1. The molecule has 0 amide bonds. The SMILES string of the molecule is [N-]=[N+]=N[Si]OS(=O)(=O)O. The van der Waals surface area contributed by atoms with E-state index < -0.39 is 20.3 Å². The number of nitrogens with zero attached hydrogens (tertiary/aromatic N) is 3. The summed E-state index contributed by atoms with van der Waals surface area (Å²) in [6.45, 7) is 0. The van der Waals surface area contributed by atoms with Crippen LogP contribution in [-0.2, 0) is 14.3 Å². The topological polar surface area (TPSA) is 112 Å². The summed E-state index contributed by atoms with van der Waals surface area (Å²) in [7, 11) is -5.39. The third-order valence-corrected chi connectivity index (χ3v) is 1.54. The van der Waals surface area contributed by atoms with E-state index in [-0.39, 0.29) is 0 Å². The fourth-order valence-corrected chi connectivity index (χ4v) is 0.629. The minimum absolute atomic E-state index is 0.946. The van der Waals surface area contributed by atoms with Crippen LogP contribution in [0.5, 0.6) is 0 Å². The maximum atomic E-state index is 9.66. The normalized spacial score (nSPS) is 10.3. The van der Waals surface area contributed by atoms with Crippen LogP contribution in [0, 0.1) is 0 Å². The molecular weight excluding hydrogens is 166 g/mol. The molecule has 0 aromatic rings. The average molecular weight is 167 g/mol. The Balaban J connectivity index is 3.66. The molecule has 0 saturated heterocycles. The maximum Gasteiger partial charge on any atom is 0.387 e. The predicted octanol–water partition coefficient (Wildman–Crippen LogP) is -0.350. The highest BCUT2D eigenvalue weighted by Crippen LogP contribution is 1.82. The lowest BCUT2D eigenvalue weighted by atomic mass is 13.0. The van der Waals surface area contributed by atoms with Crippen LogP contribution < -0.4 is 0 Å². The molecule has 1 N–H and O–H groups in total. The summed E-state index contributed by atoms with van der Waals surface area (Å²) in [6.07, 6.45) is 0. The van der Waals surface area contributed by atoms with Gasteiger partial charge in [-0.3, -0.25) is 8.42 Å². The van der Waals surface area contributed by atoms with Crippen molar-refractivity contribution in [3.63, 3.8) is 0 Å². The van der Waals surface area contributed by atoms with Crippen molar-refractivity contribution < 1.29 is 16.8 Å². The van der Waals surface area contributed by atoms with Gasteiger partial charge in [-0.1, -0.05) is 4.78 Å². The summed E-state index contributed by atoms with van der Waals surface area (Å²) in [6, 6.07) is 0. The quantitative estimate of drug-likeness (QED) is 0.203. The Hall–Kier alpha value is -0.603. The molecule has 0 rings (SSSR count). The Morgan fingerprint density at radius 2 is 2.33 bits per heavy atom. The number of hydrogen-bond acceptors (Lipinski definition) is 4. The van der Waals surface area contributed by atoms with Gasteiger partial charge in [-0.15, -0.1) is 0 Å². The lowest BCUT2D eigenvalue weighted by molar-refractivity contribution is 0.395. The molecule has 7 nitrogen and oxygen atoms in total. The van der Waals surface area contributed by atoms with Gasteiger partial charge < -0.3 is 0 Å². The van der Waals surface area contributed by atoms with Crippen LogP contribution >= 0.6 is 0 Å². The summed E-state index contributed by atoms with van der Waals surface area (Å²) >= 11 is 0. The number of rotatable bonds is 3. The predicted molar refractivity (Wildman–Crippen MR) is 27.5 cm³/mol. The molecule has 0 heterocycles. The Bertz CT molecular complexity index is 212. The van der Waals surface area contributed by atoms with Crippen LogP contribution in [0.4, 0.5) is 0 Å². The van der Waals surface area contributed by atoms with Gasteiger partial charge in [0, 0.05) is 0 Å². The van der Waals surface area contributed by atoms with Crippen molar-refractivity contribution in [2.45, 2.75) is 0 Å². The number of azide groups is 1. The Morgan fingerprint density at radius 3 is 2.67 bits per heavy atom. The minimum atomic E-state index is -4.45. The second-order valence-corrected chi connectivity index (χ2v) is 2.70. The molecule has 0 spiro atoms. The van der Waals surface area contributed by atoms with Gasteiger partial charge >= 0.3 is 20.3 Å². The first-order chi connectivity index (χ1) is 4.06. The van der Waals surface area contributed by atoms with E-state index in [1.54, 1.807) is 0 Å². The molecule has 0 aliphatic rings. The van der Waals surface area contributed by atoms with Gasteiger partial charge in [-0.25, -0.2) is 0 Å². The zero-order valence-corrected chi connectivity index (χ0v) is 5.74. The van der Waals surface area contributed by atoms with E-state index in [0.29, 0.717) is 0 Å². The molecule has 9 heteroatoms. The second kappa shape index (κ2) is 3.43. The first-order valence-electron chi connectivity index (χ1n) is 1.51. The largest absolute Gasteiger partial charge is 0.387 e. The van der Waals surface area contributed by atoms with E-state index in [0.717, 1.165) is 0 Å². The smallest absolute Gasteiger partial charge is 0.289 e. The monoisotopic (exact) mass is 167 g/mol. The van der Waals surface area contributed by atoms with Gasteiger partial charge in [0.1, 0.15) is 0 Å². The van der Waals surface area contributed by atoms with Crippen molar-refractivity contribution in [1.29, 1.82) is 0 Å². The third kappa shape index (κ3) is 7.40. The molecule has 0 aromatic heterocycles. The van der Waals surface area contributed by atoms with Crippen molar-refractivity contribution in [2.75, 3.05) is 0 Å². The van der Waals surface area contributed by atoms with Gasteiger partial charge in [0.05, 0.1) is 0 Å². The molecule has 0 fully saturated rings. The van der Waals surface area contributed by atoms with Crippen LogP contribution in [-0.4, -0.2) is 22.9 Å². The highest BCUT2D eigenvalue weighted by atomic mass is 32.3. The molecule has 0 aliphatic heterocycles. The third-order valence-electron chi connectivity index (χ3n) is 0.228. The first kappa shape index (κ1) is 8.40. The van der Waals surface area contributed by atoms with E-state index >= 15 is 0 Å². The maximum absolute atomic E-state index is 9.66. The second-order valence-electron chi connectivity index (χ2n) is 0.792. The molecule has 9 heavy (non-hydrogen) atoms. The van der Waals surface area contributed by atoms with Crippen LogP contribution in [0.3, 0.4) is 0 Å². The molecule has 0 aliphatic carbocycles. The summed E-state index contributed by atoms with van der Waals surface area (Å²) < 4.78 is 33.5. The molecule has 0 aromatic carbocycles. The Labute approximate surface area is 53.2 Å². The van der Waals surface area contributed by atoms with Gasteiger partial charge in [0.2, 0.25) is 0 Å². The molecule has 0 unspecified atom stereocenters. The fourth-order valence-electron chi connectivity index (χ4n) is 0.0820. The van der Waals surface area contributed by atoms with Gasteiger partial charge in [0.25, 0.3) is 0 Å². The molecule has 0 bridgehead atoms. The van der Waals surface area contributed by atoms with Crippen LogP contribution in [0.1, 0.15) is 0 Å².